The van der Waals surface area contributed by atoms with Gasteiger partial charge in [-0.1, -0.05) is 0 Å². The minimum absolute atomic E-state index is 0.00748. The number of aromatic nitrogens is 2. The zero-order valence-electron chi connectivity index (χ0n) is 11.0. The maximum atomic E-state index is 12.2. The van der Waals surface area contributed by atoms with Crippen LogP contribution >= 0.6 is 0 Å². The Labute approximate surface area is 110 Å². The maximum absolute atomic E-state index is 12.2. The lowest BCUT2D eigenvalue weighted by molar-refractivity contribution is -0.385. The van der Waals surface area contributed by atoms with Gasteiger partial charge in [-0.25, -0.2) is 0 Å². The van der Waals surface area contributed by atoms with E-state index in [2.05, 4.69) is 15.7 Å². The number of nitro groups is 1. The number of aryl methyl sites for hydroxylation is 2. The highest BCUT2D eigenvalue weighted by Gasteiger charge is 2.30. The minimum Gasteiger partial charge on any atom is -0.346 e. The maximum Gasteiger partial charge on any atom is 0.322 e. The zero-order chi connectivity index (χ0) is 14.0. The number of amides is 1. The smallest absolute Gasteiger partial charge is 0.322 e. The lowest BCUT2D eigenvalue weighted by Gasteiger charge is -2.23. The van der Waals surface area contributed by atoms with Gasteiger partial charge in [-0.15, -0.1) is 0 Å². The van der Waals surface area contributed by atoms with E-state index < -0.39 is 10.8 Å². The number of nitrogens with one attached hydrogen (secondary N) is 2. The molecule has 1 aromatic heterocycles. The Hall–Kier alpha value is -1.96. The van der Waals surface area contributed by atoms with Gasteiger partial charge in [-0.05, 0) is 26.3 Å². The van der Waals surface area contributed by atoms with E-state index >= 15 is 0 Å². The Morgan fingerprint density at radius 2 is 2.37 bits per heavy atom. The summed E-state index contributed by atoms with van der Waals surface area (Å²) in [5.74, 6) is -0.441. The highest BCUT2D eigenvalue weighted by atomic mass is 16.6. The van der Waals surface area contributed by atoms with Crippen LogP contribution in [0, 0.1) is 17.0 Å². The highest BCUT2D eigenvalue weighted by Crippen LogP contribution is 2.22. The largest absolute Gasteiger partial charge is 0.346 e. The summed E-state index contributed by atoms with van der Waals surface area (Å²) >= 11 is 0. The van der Waals surface area contributed by atoms with E-state index in [1.807, 2.05) is 0 Å². The number of hydrogen-bond donors (Lipinski definition) is 2. The van der Waals surface area contributed by atoms with Crippen molar-refractivity contribution in [3.05, 3.63) is 21.5 Å². The summed E-state index contributed by atoms with van der Waals surface area (Å²) in [5, 5.41) is 21.0. The van der Waals surface area contributed by atoms with Gasteiger partial charge in [0.1, 0.15) is 5.69 Å². The van der Waals surface area contributed by atoms with Crippen LogP contribution in [-0.4, -0.2) is 39.7 Å². The van der Waals surface area contributed by atoms with Crippen LogP contribution in [-0.2, 0) is 7.05 Å². The molecule has 0 bridgehead atoms. The molecule has 0 aliphatic carbocycles. The topological polar surface area (TPSA) is 102 Å². The molecule has 19 heavy (non-hydrogen) atoms. The van der Waals surface area contributed by atoms with Gasteiger partial charge in [0.05, 0.1) is 4.92 Å². The van der Waals surface area contributed by atoms with Crippen molar-refractivity contribution < 1.29 is 9.72 Å². The molecular formula is C11H17N5O3. The average Bonchev–Trinajstić information content (AvgIpc) is 2.65. The Morgan fingerprint density at radius 1 is 1.63 bits per heavy atom. The second-order valence-corrected chi connectivity index (χ2v) is 4.68. The number of rotatable bonds is 3. The number of piperidine rings is 1. The number of hydrogen-bond acceptors (Lipinski definition) is 5. The lowest BCUT2D eigenvalue weighted by Crippen LogP contribution is -2.46. The van der Waals surface area contributed by atoms with Crippen LogP contribution in [0.3, 0.4) is 0 Å². The number of carbonyl (C=O) groups excluding carboxylic acids is 1. The molecule has 104 valence electrons. The monoisotopic (exact) mass is 267 g/mol. The molecule has 0 radical (unpaired) electrons. The van der Waals surface area contributed by atoms with Crippen LogP contribution in [0.4, 0.5) is 5.69 Å². The average molecular weight is 267 g/mol. The van der Waals surface area contributed by atoms with Crippen molar-refractivity contribution in [2.24, 2.45) is 7.05 Å². The van der Waals surface area contributed by atoms with Crippen molar-refractivity contribution in [2.75, 3.05) is 13.1 Å². The molecule has 2 heterocycles. The Bertz CT molecular complexity index is 505. The fraction of sp³-hybridized carbons (Fsp3) is 0.636. The SMILES string of the molecule is Cc1nn(C)c(C(=O)N[C@H]2CCCNC2)c1[N+](=O)[O-]. The number of nitrogens with zero attached hydrogens (tertiary/aromatic N) is 3. The molecule has 8 nitrogen and oxygen atoms in total. The third-order valence-corrected chi connectivity index (χ3v) is 3.22. The molecule has 1 saturated heterocycles. The normalized spacial score (nSPS) is 19.2. The van der Waals surface area contributed by atoms with Crippen molar-refractivity contribution in [3.63, 3.8) is 0 Å². The summed E-state index contributed by atoms with van der Waals surface area (Å²) in [6.45, 7) is 3.16. The Kier molecular flexibility index (Phi) is 3.79. The summed E-state index contributed by atoms with van der Waals surface area (Å²) in [6, 6.07) is 0.0102. The van der Waals surface area contributed by atoms with E-state index in [0.717, 1.165) is 19.4 Å². The molecule has 0 aromatic carbocycles. The van der Waals surface area contributed by atoms with Gasteiger partial charge in [-0.2, -0.15) is 5.10 Å². The summed E-state index contributed by atoms with van der Waals surface area (Å²) in [5.41, 5.74) is 0.0382. The predicted molar refractivity (Wildman–Crippen MR) is 68.0 cm³/mol. The Balaban J connectivity index is 2.20. The van der Waals surface area contributed by atoms with Gasteiger partial charge in [0.15, 0.2) is 0 Å². The van der Waals surface area contributed by atoms with Crippen molar-refractivity contribution in [1.82, 2.24) is 20.4 Å². The van der Waals surface area contributed by atoms with Crippen molar-refractivity contribution >= 4 is 11.6 Å². The lowest BCUT2D eigenvalue weighted by atomic mass is 10.1. The molecule has 2 N–H and O–H groups in total. The second kappa shape index (κ2) is 5.35. The molecule has 0 saturated carbocycles. The van der Waals surface area contributed by atoms with Crippen molar-refractivity contribution in [1.29, 1.82) is 0 Å². The molecule has 1 atom stereocenters. The second-order valence-electron chi connectivity index (χ2n) is 4.68. The van der Waals surface area contributed by atoms with E-state index in [1.165, 1.54) is 18.7 Å². The van der Waals surface area contributed by atoms with Gasteiger partial charge in [0.25, 0.3) is 5.91 Å². The van der Waals surface area contributed by atoms with Crippen LogP contribution in [0.25, 0.3) is 0 Å². The minimum atomic E-state index is -0.559. The molecule has 1 aliphatic rings. The fourth-order valence-corrected chi connectivity index (χ4v) is 2.35. The molecule has 1 amide bonds. The van der Waals surface area contributed by atoms with E-state index in [4.69, 9.17) is 0 Å². The van der Waals surface area contributed by atoms with Gasteiger partial charge in [0, 0.05) is 19.6 Å². The molecule has 8 heteroatoms. The summed E-state index contributed by atoms with van der Waals surface area (Å²) < 4.78 is 1.26. The molecule has 0 unspecified atom stereocenters. The fourth-order valence-electron chi connectivity index (χ4n) is 2.35. The molecular weight excluding hydrogens is 250 g/mol. The van der Waals surface area contributed by atoms with Crippen LogP contribution in [0.2, 0.25) is 0 Å². The molecule has 2 rings (SSSR count). The Morgan fingerprint density at radius 3 is 2.95 bits per heavy atom. The summed E-state index contributed by atoms with van der Waals surface area (Å²) in [6.07, 6.45) is 1.86. The third-order valence-electron chi connectivity index (χ3n) is 3.22. The van der Waals surface area contributed by atoms with Gasteiger partial charge in [-0.3, -0.25) is 19.6 Å². The summed E-state index contributed by atoms with van der Waals surface area (Å²) in [4.78, 5) is 22.6. The van der Waals surface area contributed by atoms with Crippen LogP contribution in [0.15, 0.2) is 0 Å². The van der Waals surface area contributed by atoms with Gasteiger partial charge >= 0.3 is 5.69 Å². The van der Waals surface area contributed by atoms with E-state index in [1.54, 1.807) is 0 Å². The van der Waals surface area contributed by atoms with Gasteiger partial charge < -0.3 is 10.6 Å². The third kappa shape index (κ3) is 2.73. The van der Waals surface area contributed by atoms with Crippen LogP contribution in [0.5, 0.6) is 0 Å². The predicted octanol–water partition coefficient (Wildman–Crippen LogP) is 0.119. The first kappa shape index (κ1) is 13.5. The zero-order valence-corrected chi connectivity index (χ0v) is 11.0. The summed E-state index contributed by atoms with van der Waals surface area (Å²) in [7, 11) is 1.54. The van der Waals surface area contributed by atoms with Gasteiger partial charge in [0.2, 0.25) is 5.69 Å². The molecule has 1 fully saturated rings. The van der Waals surface area contributed by atoms with E-state index in [0.29, 0.717) is 6.54 Å². The number of carbonyl (C=O) groups is 1. The molecule has 1 aromatic rings. The molecule has 0 spiro atoms. The molecule has 1 aliphatic heterocycles. The first-order chi connectivity index (χ1) is 9.00. The standard InChI is InChI=1S/C11H17N5O3/c1-7-9(16(18)19)10(15(2)14-7)11(17)13-8-4-3-5-12-6-8/h8,12H,3-6H2,1-2H3,(H,13,17)/t8-/m0/s1. The van der Waals surface area contributed by atoms with Crippen LogP contribution in [0.1, 0.15) is 29.0 Å². The van der Waals surface area contributed by atoms with E-state index in [-0.39, 0.29) is 23.1 Å². The van der Waals surface area contributed by atoms with E-state index in [9.17, 15) is 14.9 Å². The van der Waals surface area contributed by atoms with Crippen LogP contribution < -0.4 is 10.6 Å². The quantitative estimate of drug-likeness (QED) is 0.598. The van der Waals surface area contributed by atoms with Crippen molar-refractivity contribution in [3.8, 4) is 0 Å². The van der Waals surface area contributed by atoms with Crippen molar-refractivity contribution in [2.45, 2.75) is 25.8 Å². The first-order valence-corrected chi connectivity index (χ1v) is 6.20. The highest BCUT2D eigenvalue weighted by molar-refractivity contribution is 5.97. The first-order valence-electron chi connectivity index (χ1n) is 6.20.